The van der Waals surface area contributed by atoms with Gasteiger partial charge in [-0.15, -0.1) is 0 Å². The van der Waals surface area contributed by atoms with Crippen molar-refractivity contribution in [3.8, 4) is 11.6 Å². The van der Waals surface area contributed by atoms with E-state index >= 15 is 0 Å². The molecule has 37 heavy (non-hydrogen) atoms. The number of hydrogen-bond acceptors (Lipinski definition) is 8. The second kappa shape index (κ2) is 11.4. The standard InChI is InChI=1S/C25H23ClN6O5/c1-15(33)20(12-27)23(34)30-21-13-28-25(32(24(21)35)14-16-2-4-17(26)5-3-16)29-18-6-8-19(9-7-18)37-22-10-11-36-31-22/h2-11,13,33H,12,14,27H2,1H3,(H,28,29)(H,30,34)/b20-15+. The largest absolute Gasteiger partial charge is 0.512 e. The van der Waals surface area contributed by atoms with Crippen LogP contribution >= 0.6 is 11.6 Å². The summed E-state index contributed by atoms with van der Waals surface area (Å²) in [5.74, 6) is -0.0700. The summed E-state index contributed by atoms with van der Waals surface area (Å²) in [6.45, 7) is 1.29. The van der Waals surface area contributed by atoms with E-state index in [1.807, 2.05) is 0 Å². The fourth-order valence-corrected chi connectivity index (χ4v) is 3.43. The zero-order valence-corrected chi connectivity index (χ0v) is 20.4. The maximum Gasteiger partial charge on any atom is 0.278 e. The van der Waals surface area contributed by atoms with Gasteiger partial charge < -0.3 is 30.4 Å². The van der Waals surface area contributed by atoms with E-state index in [1.54, 1.807) is 54.6 Å². The van der Waals surface area contributed by atoms with Crippen LogP contribution < -0.4 is 27.0 Å². The van der Waals surface area contributed by atoms with Crippen LogP contribution in [0.3, 0.4) is 0 Å². The molecule has 4 aromatic rings. The van der Waals surface area contributed by atoms with Crippen LogP contribution in [0.15, 0.2) is 92.7 Å². The Morgan fingerprint density at radius 2 is 1.95 bits per heavy atom. The van der Waals surface area contributed by atoms with E-state index < -0.39 is 11.5 Å². The number of benzene rings is 2. The van der Waals surface area contributed by atoms with E-state index in [-0.39, 0.29) is 35.7 Å². The minimum absolute atomic E-state index is 0.0367. The molecule has 0 saturated heterocycles. The Morgan fingerprint density at radius 3 is 2.57 bits per heavy atom. The third-order valence-electron chi connectivity index (χ3n) is 5.20. The van der Waals surface area contributed by atoms with Crippen molar-refractivity contribution in [2.75, 3.05) is 11.9 Å². The first-order valence-corrected chi connectivity index (χ1v) is 11.4. The van der Waals surface area contributed by atoms with Crippen molar-refractivity contribution in [2.45, 2.75) is 13.5 Å². The van der Waals surface area contributed by atoms with Crippen molar-refractivity contribution in [2.24, 2.45) is 10.7 Å². The third-order valence-corrected chi connectivity index (χ3v) is 5.45. The number of allylic oxidation sites excluding steroid dienone is 1. The summed E-state index contributed by atoms with van der Waals surface area (Å²) in [7, 11) is 0. The van der Waals surface area contributed by atoms with E-state index in [2.05, 4.69) is 20.4 Å². The lowest BCUT2D eigenvalue weighted by Crippen LogP contribution is -2.38. The van der Waals surface area contributed by atoms with Gasteiger partial charge in [-0.2, -0.15) is 0 Å². The molecule has 4 rings (SSSR count). The van der Waals surface area contributed by atoms with Crippen LogP contribution in [0.4, 0.5) is 11.4 Å². The zero-order chi connectivity index (χ0) is 26.4. The molecular weight excluding hydrogens is 500 g/mol. The number of aliphatic hydroxyl groups excluding tert-OH is 1. The van der Waals surface area contributed by atoms with Crippen molar-refractivity contribution in [1.82, 2.24) is 14.7 Å². The maximum absolute atomic E-state index is 13.4. The highest BCUT2D eigenvalue weighted by Crippen LogP contribution is 2.22. The monoisotopic (exact) mass is 522 g/mol. The first-order valence-electron chi connectivity index (χ1n) is 11.0. The predicted octanol–water partition coefficient (Wildman–Crippen LogP) is 3.62. The summed E-state index contributed by atoms with van der Waals surface area (Å²) in [4.78, 5) is 33.5. The normalized spacial score (nSPS) is 12.2. The van der Waals surface area contributed by atoms with Crippen LogP contribution in [0.2, 0.25) is 5.02 Å². The molecule has 0 radical (unpaired) electrons. The van der Waals surface area contributed by atoms with Crippen LogP contribution in [0.5, 0.6) is 11.6 Å². The lowest BCUT2D eigenvalue weighted by Gasteiger charge is -2.12. The molecule has 2 heterocycles. The molecule has 0 bridgehead atoms. The lowest BCUT2D eigenvalue weighted by atomic mass is 10.2. The number of hydrogen-bond donors (Lipinski definition) is 4. The Morgan fingerprint density at radius 1 is 1.22 bits per heavy atom. The van der Waals surface area contributed by atoms with Crippen molar-refractivity contribution < 1.29 is 19.2 Å². The number of anilines is 1. The molecule has 2 aromatic carbocycles. The average molecular weight is 523 g/mol. The topological polar surface area (TPSA) is 161 Å². The number of halogens is 1. The minimum atomic E-state index is -0.682. The van der Waals surface area contributed by atoms with Gasteiger partial charge in [-0.25, -0.2) is 4.99 Å². The molecule has 12 heteroatoms. The highest BCUT2D eigenvalue weighted by atomic mass is 35.5. The lowest BCUT2D eigenvalue weighted by molar-refractivity contribution is -0.113. The number of nitrogens with one attached hydrogen (secondary N) is 2. The van der Waals surface area contributed by atoms with E-state index in [0.717, 1.165) is 5.56 Å². The molecular formula is C25H23ClN6O5. The molecule has 0 aliphatic carbocycles. The van der Waals surface area contributed by atoms with E-state index in [1.165, 1.54) is 24.0 Å². The smallest absolute Gasteiger partial charge is 0.278 e. The molecule has 0 unspecified atom stereocenters. The van der Waals surface area contributed by atoms with Crippen LogP contribution in [0.1, 0.15) is 12.5 Å². The maximum atomic E-state index is 13.4. The molecule has 0 fully saturated rings. The van der Waals surface area contributed by atoms with Gasteiger partial charge in [0.2, 0.25) is 5.62 Å². The SMILES string of the molecule is C/C(O)=C(/CN)C(=O)Nc1c[nH]/c(=N\c2ccc(Oc3ccon3)cc2)n(Cc2ccc(Cl)cc2)c1=O. The molecule has 0 saturated carbocycles. The van der Waals surface area contributed by atoms with Crippen molar-refractivity contribution in [3.05, 3.63) is 105 Å². The third kappa shape index (κ3) is 6.34. The number of carbonyl (C=O) groups excluding carboxylic acids is 1. The number of ether oxygens (including phenoxy) is 1. The van der Waals surface area contributed by atoms with Crippen molar-refractivity contribution in [3.63, 3.8) is 0 Å². The second-order valence-electron chi connectivity index (χ2n) is 7.81. The highest BCUT2D eigenvalue weighted by Gasteiger charge is 2.15. The number of aromatic amines is 1. The fourth-order valence-electron chi connectivity index (χ4n) is 3.31. The summed E-state index contributed by atoms with van der Waals surface area (Å²) >= 11 is 6.00. The highest BCUT2D eigenvalue weighted by molar-refractivity contribution is 6.30. The molecule has 2 aromatic heterocycles. The van der Waals surface area contributed by atoms with Crippen LogP contribution in [-0.2, 0) is 11.3 Å². The number of nitrogens with zero attached hydrogens (tertiary/aromatic N) is 3. The van der Waals surface area contributed by atoms with Gasteiger partial charge in [0.1, 0.15) is 17.7 Å². The van der Waals surface area contributed by atoms with E-state index in [9.17, 15) is 14.7 Å². The van der Waals surface area contributed by atoms with Crippen LogP contribution in [0, 0.1) is 0 Å². The van der Waals surface area contributed by atoms with Gasteiger partial charge in [0.15, 0.2) is 0 Å². The molecule has 5 N–H and O–H groups in total. The molecule has 1 amide bonds. The summed E-state index contributed by atoms with van der Waals surface area (Å²) in [5.41, 5.74) is 6.52. The number of nitrogens with two attached hydrogens (primary N) is 1. The fraction of sp³-hybridized carbons (Fsp3) is 0.120. The first kappa shape index (κ1) is 25.5. The van der Waals surface area contributed by atoms with E-state index in [0.29, 0.717) is 22.3 Å². The minimum Gasteiger partial charge on any atom is -0.512 e. The van der Waals surface area contributed by atoms with Gasteiger partial charge >= 0.3 is 0 Å². The second-order valence-corrected chi connectivity index (χ2v) is 8.25. The molecule has 11 nitrogen and oxygen atoms in total. The number of aliphatic hydroxyl groups is 1. The Labute approximate surface area is 215 Å². The molecule has 0 atom stereocenters. The van der Waals surface area contributed by atoms with Crippen molar-refractivity contribution >= 4 is 28.9 Å². The van der Waals surface area contributed by atoms with Gasteiger partial charge in [-0.05, 0) is 54.0 Å². The number of H-pyrrole nitrogens is 1. The number of amides is 1. The summed E-state index contributed by atoms with van der Waals surface area (Å²) in [5, 5.41) is 16.5. The summed E-state index contributed by atoms with van der Waals surface area (Å²) in [6.07, 6.45) is 2.74. The Bertz CT molecular complexity index is 1530. The quantitative estimate of drug-likeness (QED) is 0.203. The first-order chi connectivity index (χ1) is 17.8. The Balaban J connectivity index is 1.71. The Hall–Kier alpha value is -4.61. The number of aromatic nitrogens is 3. The average Bonchev–Trinajstić information content (AvgIpc) is 3.39. The van der Waals surface area contributed by atoms with Crippen molar-refractivity contribution in [1.29, 1.82) is 0 Å². The van der Waals surface area contributed by atoms with Crippen LogP contribution in [0.25, 0.3) is 0 Å². The summed E-state index contributed by atoms with van der Waals surface area (Å²) < 4.78 is 11.7. The Kier molecular flexibility index (Phi) is 7.86. The summed E-state index contributed by atoms with van der Waals surface area (Å²) in [6, 6.07) is 15.4. The van der Waals surface area contributed by atoms with E-state index in [4.69, 9.17) is 26.6 Å². The van der Waals surface area contributed by atoms with Gasteiger partial charge in [-0.3, -0.25) is 14.2 Å². The molecule has 190 valence electrons. The number of carbonyl (C=O) groups is 1. The molecule has 0 aliphatic rings. The van der Waals surface area contributed by atoms with Crippen LogP contribution in [-0.4, -0.2) is 32.3 Å². The molecule has 0 spiro atoms. The van der Waals surface area contributed by atoms with Gasteiger partial charge in [0.05, 0.1) is 23.6 Å². The van der Waals surface area contributed by atoms with Gasteiger partial charge in [-0.1, -0.05) is 23.7 Å². The predicted molar refractivity (Wildman–Crippen MR) is 137 cm³/mol. The van der Waals surface area contributed by atoms with Gasteiger partial charge in [0, 0.05) is 23.8 Å². The number of rotatable bonds is 8. The van der Waals surface area contributed by atoms with Gasteiger partial charge in [0.25, 0.3) is 17.3 Å². The molecule has 0 aliphatic heterocycles. The zero-order valence-electron chi connectivity index (χ0n) is 19.6.